The molecular weight excluding hydrogens is 505 g/mol. The molecule has 1 aromatic carbocycles. The molecule has 3 aromatic rings. The number of rotatable bonds is 8. The second kappa shape index (κ2) is 11.5. The summed E-state index contributed by atoms with van der Waals surface area (Å²) in [6.45, 7) is 3.99. The van der Waals surface area contributed by atoms with Crippen molar-refractivity contribution in [1.29, 1.82) is 0 Å². The lowest BCUT2D eigenvalue weighted by molar-refractivity contribution is 0.0951. The number of hydrogen-bond acceptors (Lipinski definition) is 5. The summed E-state index contributed by atoms with van der Waals surface area (Å²) in [4.78, 5) is 28.7. The van der Waals surface area contributed by atoms with E-state index >= 15 is 0 Å². The molecule has 37 heavy (non-hydrogen) atoms. The first-order chi connectivity index (χ1) is 18.0. The molecule has 3 heterocycles. The van der Waals surface area contributed by atoms with Crippen LogP contribution in [0.4, 0.5) is 0 Å². The Morgan fingerprint density at radius 1 is 1.11 bits per heavy atom. The van der Waals surface area contributed by atoms with E-state index in [0.717, 1.165) is 50.0 Å². The number of fused-ring (bicyclic) bond motifs is 1. The summed E-state index contributed by atoms with van der Waals surface area (Å²) in [6.07, 6.45) is 11.1. The Hall–Kier alpha value is -3.06. The van der Waals surface area contributed by atoms with Crippen molar-refractivity contribution in [2.45, 2.75) is 51.7 Å². The Bertz CT molecular complexity index is 1350. The van der Waals surface area contributed by atoms with Gasteiger partial charge in [0.15, 0.2) is 0 Å². The smallest absolute Gasteiger partial charge is 0.254 e. The number of amides is 1. The van der Waals surface area contributed by atoms with Gasteiger partial charge in [0.25, 0.3) is 5.91 Å². The topological polar surface area (TPSA) is 70.5 Å². The standard InChI is InChI=1S/C29H29Cl2N5O/c1-19-10-11-23(35-19)18-36(26-9-3-7-22-8-4-12-33-28(22)26)17-21-6-2-5-20(13-21)14-34-29(37)27-24(30)15-32-16-25(27)31/h2,4-6,8,10,12-13,15-16,26H,3,7,9,11,14,17-18H2,1H3,(H,34,37). The van der Waals surface area contributed by atoms with Crippen molar-refractivity contribution in [3.8, 4) is 0 Å². The summed E-state index contributed by atoms with van der Waals surface area (Å²) in [5, 5.41) is 3.40. The van der Waals surface area contributed by atoms with Crippen molar-refractivity contribution >= 4 is 34.8 Å². The molecule has 0 saturated heterocycles. The lowest BCUT2D eigenvalue weighted by atomic mass is 9.90. The van der Waals surface area contributed by atoms with E-state index in [4.69, 9.17) is 33.2 Å². The zero-order valence-electron chi connectivity index (χ0n) is 20.8. The van der Waals surface area contributed by atoms with Crippen molar-refractivity contribution in [1.82, 2.24) is 20.2 Å². The highest BCUT2D eigenvalue weighted by Gasteiger charge is 2.28. The van der Waals surface area contributed by atoms with Crippen molar-refractivity contribution < 1.29 is 4.79 Å². The molecule has 190 valence electrons. The van der Waals surface area contributed by atoms with Gasteiger partial charge in [-0.3, -0.25) is 24.7 Å². The van der Waals surface area contributed by atoms with Crippen LogP contribution in [0.2, 0.25) is 10.0 Å². The average molecular weight is 534 g/mol. The number of aromatic nitrogens is 2. The maximum absolute atomic E-state index is 12.7. The fraction of sp³-hybridized carbons (Fsp3) is 0.310. The maximum atomic E-state index is 12.7. The third kappa shape index (κ3) is 6.09. The van der Waals surface area contributed by atoms with E-state index in [2.05, 4.69) is 46.4 Å². The molecule has 2 aliphatic rings. The van der Waals surface area contributed by atoms with Crippen LogP contribution in [0.5, 0.6) is 0 Å². The molecule has 1 amide bonds. The fourth-order valence-corrected chi connectivity index (χ4v) is 5.66. The van der Waals surface area contributed by atoms with Crippen LogP contribution in [0.15, 0.2) is 71.8 Å². The summed E-state index contributed by atoms with van der Waals surface area (Å²) < 4.78 is 0. The number of allylic oxidation sites excluding steroid dienone is 2. The third-order valence-corrected chi connectivity index (χ3v) is 7.44. The number of aryl methyl sites for hydroxylation is 1. The number of benzene rings is 1. The lowest BCUT2D eigenvalue weighted by Crippen LogP contribution is -2.35. The Kier molecular flexibility index (Phi) is 7.99. The highest BCUT2D eigenvalue weighted by Crippen LogP contribution is 2.34. The van der Waals surface area contributed by atoms with Gasteiger partial charge < -0.3 is 5.32 Å². The van der Waals surface area contributed by atoms with E-state index in [1.165, 1.54) is 34.9 Å². The van der Waals surface area contributed by atoms with Gasteiger partial charge in [-0.1, -0.05) is 59.6 Å². The number of nitrogens with one attached hydrogen (secondary N) is 1. The van der Waals surface area contributed by atoms with Gasteiger partial charge in [-0.25, -0.2) is 0 Å². The summed E-state index contributed by atoms with van der Waals surface area (Å²) in [6, 6.07) is 12.8. The lowest BCUT2D eigenvalue weighted by Gasteiger charge is -2.35. The number of aliphatic imine (C=N–C) groups is 1. The van der Waals surface area contributed by atoms with Gasteiger partial charge in [0, 0.05) is 56.1 Å². The van der Waals surface area contributed by atoms with E-state index < -0.39 is 0 Å². The largest absolute Gasteiger partial charge is 0.348 e. The molecule has 6 nitrogen and oxygen atoms in total. The normalized spacial score (nSPS) is 16.8. The van der Waals surface area contributed by atoms with Gasteiger partial charge in [0.1, 0.15) is 0 Å². The molecule has 2 aromatic heterocycles. The molecule has 0 saturated carbocycles. The zero-order valence-corrected chi connectivity index (χ0v) is 22.3. The van der Waals surface area contributed by atoms with Crippen LogP contribution in [0.1, 0.15) is 65.0 Å². The molecule has 0 spiro atoms. The van der Waals surface area contributed by atoms with Crippen LogP contribution in [-0.2, 0) is 19.5 Å². The first-order valence-corrected chi connectivity index (χ1v) is 13.3. The maximum Gasteiger partial charge on any atom is 0.254 e. The molecule has 1 N–H and O–H groups in total. The molecular formula is C29H29Cl2N5O. The number of hydrogen-bond donors (Lipinski definition) is 1. The van der Waals surface area contributed by atoms with Gasteiger partial charge >= 0.3 is 0 Å². The molecule has 1 aliphatic carbocycles. The Morgan fingerprint density at radius 3 is 2.70 bits per heavy atom. The van der Waals surface area contributed by atoms with Crippen LogP contribution >= 0.6 is 23.2 Å². The molecule has 1 unspecified atom stereocenters. The van der Waals surface area contributed by atoms with E-state index in [-0.39, 0.29) is 27.6 Å². The summed E-state index contributed by atoms with van der Waals surface area (Å²) in [5.74, 6) is -0.323. The van der Waals surface area contributed by atoms with Gasteiger partial charge in [0.2, 0.25) is 0 Å². The number of halogens is 2. The molecule has 0 radical (unpaired) electrons. The van der Waals surface area contributed by atoms with Gasteiger partial charge in [-0.2, -0.15) is 0 Å². The first-order valence-electron chi connectivity index (χ1n) is 12.5. The van der Waals surface area contributed by atoms with E-state index in [1.54, 1.807) is 0 Å². The third-order valence-electron chi connectivity index (χ3n) is 6.87. The molecule has 0 bridgehead atoms. The molecule has 0 fully saturated rings. The van der Waals surface area contributed by atoms with Crippen LogP contribution in [-0.4, -0.2) is 33.0 Å². The van der Waals surface area contributed by atoms with Gasteiger partial charge in [-0.05, 0) is 48.9 Å². The van der Waals surface area contributed by atoms with Crippen LogP contribution in [0, 0.1) is 0 Å². The number of carbonyl (C=O) groups excluding carboxylic acids is 1. The van der Waals surface area contributed by atoms with E-state index in [0.29, 0.717) is 6.54 Å². The summed E-state index contributed by atoms with van der Waals surface area (Å²) >= 11 is 12.3. The first kappa shape index (κ1) is 25.6. The Morgan fingerprint density at radius 2 is 1.92 bits per heavy atom. The van der Waals surface area contributed by atoms with Crippen LogP contribution < -0.4 is 5.32 Å². The second-order valence-corrected chi connectivity index (χ2v) is 10.4. The fourth-order valence-electron chi connectivity index (χ4n) is 5.13. The minimum Gasteiger partial charge on any atom is -0.348 e. The van der Waals surface area contributed by atoms with Crippen molar-refractivity contribution in [2.75, 3.05) is 6.54 Å². The second-order valence-electron chi connectivity index (χ2n) is 9.57. The predicted octanol–water partition coefficient (Wildman–Crippen LogP) is 6.34. The van der Waals surface area contributed by atoms with Crippen LogP contribution in [0.3, 0.4) is 0 Å². The Labute approximate surface area is 227 Å². The molecule has 8 heteroatoms. The van der Waals surface area contributed by atoms with Crippen molar-refractivity contribution in [2.24, 2.45) is 4.99 Å². The highest BCUT2D eigenvalue weighted by molar-refractivity contribution is 6.39. The molecule has 1 atom stereocenters. The summed E-state index contributed by atoms with van der Waals surface area (Å²) in [7, 11) is 0. The zero-order chi connectivity index (χ0) is 25.8. The quantitative estimate of drug-likeness (QED) is 0.366. The van der Waals surface area contributed by atoms with Crippen LogP contribution in [0.25, 0.3) is 0 Å². The molecule has 5 rings (SSSR count). The molecule has 1 aliphatic heterocycles. The van der Waals surface area contributed by atoms with Gasteiger partial charge in [0.05, 0.1) is 27.3 Å². The minimum atomic E-state index is -0.323. The number of pyridine rings is 2. The minimum absolute atomic E-state index is 0.232. The monoisotopic (exact) mass is 533 g/mol. The Balaban J connectivity index is 1.33. The summed E-state index contributed by atoms with van der Waals surface area (Å²) in [5.41, 5.74) is 7.23. The number of nitrogens with zero attached hydrogens (tertiary/aromatic N) is 4. The highest BCUT2D eigenvalue weighted by atomic mass is 35.5. The van der Waals surface area contributed by atoms with Crippen molar-refractivity contribution in [3.05, 3.63) is 105 Å². The van der Waals surface area contributed by atoms with Gasteiger partial charge in [-0.15, -0.1) is 0 Å². The van der Waals surface area contributed by atoms with E-state index in [1.807, 2.05) is 24.4 Å². The van der Waals surface area contributed by atoms with E-state index in [9.17, 15) is 4.79 Å². The SMILES string of the molecule is CC1=CCC(CN(Cc2cccc(CNC(=O)c3c(Cl)cncc3Cl)c2)C2CCCc3cccnc32)=N1. The number of carbonyl (C=O) groups is 1. The van der Waals surface area contributed by atoms with Crippen molar-refractivity contribution in [3.63, 3.8) is 0 Å². The predicted molar refractivity (Wildman–Crippen MR) is 148 cm³/mol. The average Bonchev–Trinajstić information content (AvgIpc) is 3.31.